The predicted octanol–water partition coefficient (Wildman–Crippen LogP) is 6.12. The molecule has 0 bridgehead atoms. The fourth-order valence-electron chi connectivity index (χ4n) is 3.26. The van der Waals surface area contributed by atoms with Crippen LogP contribution in [-0.4, -0.2) is 28.0 Å². The first-order valence-corrected chi connectivity index (χ1v) is 14.1. The first kappa shape index (κ1) is 26.3. The molecule has 3 N–H and O–H groups in total. The molecule has 0 spiro atoms. The number of nitrogens with zero attached hydrogens (tertiary/aromatic N) is 1. The van der Waals surface area contributed by atoms with Crippen molar-refractivity contribution in [3.8, 4) is 0 Å². The number of hydrogen-bond acceptors (Lipinski definition) is 7. The standard InChI is InChI=1S/C27H24N4O3S3/c1-2-23(26(34)31-27-28-13-15-36-27)37-21-11-6-10-19(16-21)29-25(33)22(17-20-12-7-14-35-20)30-24(32)18-8-4-3-5-9-18/h3-17,23H,2H2,1H3,(H,29,33)(H,30,32)(H,28,31,34)/b22-17-. The van der Waals surface area contributed by atoms with Crippen LogP contribution in [0.5, 0.6) is 0 Å². The number of nitrogens with one attached hydrogen (secondary N) is 3. The second kappa shape index (κ2) is 13.0. The quantitative estimate of drug-likeness (QED) is 0.164. The highest BCUT2D eigenvalue weighted by Crippen LogP contribution is 2.29. The van der Waals surface area contributed by atoms with Gasteiger partial charge in [-0.2, -0.15) is 0 Å². The van der Waals surface area contributed by atoms with Crippen LogP contribution in [-0.2, 0) is 9.59 Å². The van der Waals surface area contributed by atoms with Crippen LogP contribution in [0.2, 0.25) is 0 Å². The SMILES string of the molecule is CCC(Sc1cccc(NC(=O)/C(=C/c2cccs2)NC(=O)c2ccccc2)c1)C(=O)Nc1nccs1. The molecule has 0 saturated carbocycles. The highest BCUT2D eigenvalue weighted by atomic mass is 32.2. The summed E-state index contributed by atoms with van der Waals surface area (Å²) >= 11 is 4.24. The van der Waals surface area contributed by atoms with Gasteiger partial charge in [-0.15, -0.1) is 34.4 Å². The average molecular weight is 549 g/mol. The molecule has 1 atom stereocenters. The molecule has 0 saturated heterocycles. The second-order valence-corrected chi connectivity index (χ2v) is 10.9. The van der Waals surface area contributed by atoms with Gasteiger partial charge in [0.05, 0.1) is 5.25 Å². The van der Waals surface area contributed by atoms with E-state index in [2.05, 4.69) is 20.9 Å². The topological polar surface area (TPSA) is 100 Å². The zero-order chi connectivity index (χ0) is 26.0. The molecule has 10 heteroatoms. The van der Waals surface area contributed by atoms with Crippen LogP contribution in [0.15, 0.2) is 94.3 Å². The van der Waals surface area contributed by atoms with Crippen molar-refractivity contribution in [3.63, 3.8) is 0 Å². The fourth-order valence-corrected chi connectivity index (χ4v) is 5.46. The highest BCUT2D eigenvalue weighted by molar-refractivity contribution is 8.00. The van der Waals surface area contributed by atoms with Crippen molar-refractivity contribution in [1.82, 2.24) is 10.3 Å². The molecule has 3 amide bonds. The first-order chi connectivity index (χ1) is 18.0. The maximum atomic E-state index is 13.2. The highest BCUT2D eigenvalue weighted by Gasteiger charge is 2.20. The number of anilines is 2. The van der Waals surface area contributed by atoms with Crippen molar-refractivity contribution >= 4 is 69.1 Å². The molecule has 0 fully saturated rings. The lowest BCUT2D eigenvalue weighted by Crippen LogP contribution is -2.30. The third-order valence-electron chi connectivity index (χ3n) is 5.05. The van der Waals surface area contributed by atoms with Gasteiger partial charge in [0, 0.05) is 32.6 Å². The Morgan fingerprint density at radius 2 is 1.81 bits per heavy atom. The number of thiophene rings is 1. The maximum Gasteiger partial charge on any atom is 0.272 e. The van der Waals surface area contributed by atoms with Gasteiger partial charge in [-0.1, -0.05) is 37.3 Å². The lowest BCUT2D eigenvalue weighted by atomic mass is 10.2. The van der Waals surface area contributed by atoms with E-state index < -0.39 is 5.91 Å². The smallest absolute Gasteiger partial charge is 0.272 e. The summed E-state index contributed by atoms with van der Waals surface area (Å²) in [7, 11) is 0. The molecule has 2 aromatic carbocycles. The van der Waals surface area contributed by atoms with E-state index >= 15 is 0 Å². The summed E-state index contributed by atoms with van der Waals surface area (Å²) in [5.74, 6) is -0.949. The number of amides is 3. The van der Waals surface area contributed by atoms with Gasteiger partial charge in [0.25, 0.3) is 11.8 Å². The Morgan fingerprint density at radius 3 is 2.51 bits per heavy atom. The molecule has 4 aromatic rings. The zero-order valence-corrected chi connectivity index (χ0v) is 22.3. The predicted molar refractivity (Wildman–Crippen MR) is 152 cm³/mol. The molecule has 2 heterocycles. The van der Waals surface area contributed by atoms with Gasteiger partial charge in [0.2, 0.25) is 5.91 Å². The largest absolute Gasteiger partial charge is 0.321 e. The van der Waals surface area contributed by atoms with Crippen molar-refractivity contribution in [3.05, 3.63) is 99.8 Å². The molecule has 2 aromatic heterocycles. The molecule has 0 aliphatic heterocycles. The minimum Gasteiger partial charge on any atom is -0.321 e. The second-order valence-electron chi connectivity index (χ2n) is 7.72. The zero-order valence-electron chi connectivity index (χ0n) is 19.8. The van der Waals surface area contributed by atoms with Crippen LogP contribution in [0.4, 0.5) is 10.8 Å². The number of thioether (sulfide) groups is 1. The number of rotatable bonds is 10. The third kappa shape index (κ3) is 7.63. The summed E-state index contributed by atoms with van der Waals surface area (Å²) in [6.07, 6.45) is 3.91. The number of benzene rings is 2. The van der Waals surface area contributed by atoms with Crippen LogP contribution in [0.1, 0.15) is 28.6 Å². The Morgan fingerprint density at radius 1 is 0.973 bits per heavy atom. The molecular formula is C27H24N4O3S3. The molecule has 7 nitrogen and oxygen atoms in total. The molecule has 0 aliphatic rings. The fraction of sp³-hybridized carbons (Fsp3) is 0.111. The van der Waals surface area contributed by atoms with E-state index in [1.54, 1.807) is 48.0 Å². The molecular weight excluding hydrogens is 525 g/mol. The van der Waals surface area contributed by atoms with Gasteiger partial charge in [-0.25, -0.2) is 4.98 Å². The van der Waals surface area contributed by atoms with E-state index in [1.807, 2.05) is 48.7 Å². The maximum absolute atomic E-state index is 13.2. The van der Waals surface area contributed by atoms with Gasteiger partial charge in [-0.05, 0) is 54.3 Å². The molecule has 188 valence electrons. The number of carbonyl (C=O) groups excluding carboxylic acids is 3. The van der Waals surface area contributed by atoms with Crippen molar-refractivity contribution < 1.29 is 14.4 Å². The first-order valence-electron chi connectivity index (χ1n) is 11.4. The Bertz CT molecular complexity index is 1370. The van der Waals surface area contributed by atoms with E-state index in [0.717, 1.165) is 9.77 Å². The number of carbonyl (C=O) groups is 3. The van der Waals surface area contributed by atoms with E-state index in [9.17, 15) is 14.4 Å². The van der Waals surface area contributed by atoms with Crippen LogP contribution in [0, 0.1) is 0 Å². The van der Waals surface area contributed by atoms with Crippen LogP contribution in [0.3, 0.4) is 0 Å². The number of thiazole rings is 1. The van der Waals surface area contributed by atoms with Crippen molar-refractivity contribution in [2.75, 3.05) is 10.6 Å². The normalized spacial score (nSPS) is 12.0. The molecule has 0 aliphatic carbocycles. The van der Waals surface area contributed by atoms with E-state index in [1.165, 1.54) is 34.4 Å². The van der Waals surface area contributed by atoms with Crippen molar-refractivity contribution in [1.29, 1.82) is 0 Å². The summed E-state index contributed by atoms with van der Waals surface area (Å²) in [6, 6.07) is 19.7. The van der Waals surface area contributed by atoms with Gasteiger partial charge in [-0.3, -0.25) is 14.4 Å². The summed E-state index contributed by atoms with van der Waals surface area (Å²) in [5.41, 5.74) is 1.13. The minimum absolute atomic E-state index is 0.123. The number of hydrogen-bond donors (Lipinski definition) is 3. The van der Waals surface area contributed by atoms with Crippen molar-refractivity contribution in [2.45, 2.75) is 23.5 Å². The average Bonchev–Trinajstić information content (AvgIpc) is 3.62. The van der Waals surface area contributed by atoms with E-state index in [4.69, 9.17) is 0 Å². The van der Waals surface area contributed by atoms with Gasteiger partial charge in [0.1, 0.15) is 5.70 Å². The molecule has 37 heavy (non-hydrogen) atoms. The summed E-state index contributed by atoms with van der Waals surface area (Å²) < 4.78 is 0. The lowest BCUT2D eigenvalue weighted by molar-refractivity contribution is -0.116. The van der Waals surface area contributed by atoms with Gasteiger partial charge < -0.3 is 16.0 Å². The third-order valence-corrected chi connectivity index (χ3v) is 7.92. The molecule has 4 rings (SSSR count). The van der Waals surface area contributed by atoms with Gasteiger partial charge >= 0.3 is 0 Å². The lowest BCUT2D eigenvalue weighted by Gasteiger charge is -2.15. The summed E-state index contributed by atoms with van der Waals surface area (Å²) in [4.78, 5) is 44.4. The Kier molecular flexibility index (Phi) is 9.25. The minimum atomic E-state index is -0.451. The summed E-state index contributed by atoms with van der Waals surface area (Å²) in [5, 5.41) is 12.4. The Hall–Kier alpha value is -3.73. The Balaban J connectivity index is 1.47. The Labute approximate surface area is 227 Å². The molecule has 0 radical (unpaired) electrons. The summed E-state index contributed by atoms with van der Waals surface area (Å²) in [6.45, 7) is 1.95. The van der Waals surface area contributed by atoms with Crippen LogP contribution < -0.4 is 16.0 Å². The van der Waals surface area contributed by atoms with Gasteiger partial charge in [0.15, 0.2) is 5.13 Å². The van der Waals surface area contributed by atoms with E-state index in [0.29, 0.717) is 22.8 Å². The van der Waals surface area contributed by atoms with Crippen LogP contribution >= 0.6 is 34.4 Å². The number of aromatic nitrogens is 1. The monoisotopic (exact) mass is 548 g/mol. The molecule has 1 unspecified atom stereocenters. The van der Waals surface area contributed by atoms with Crippen LogP contribution in [0.25, 0.3) is 6.08 Å². The van der Waals surface area contributed by atoms with Crippen molar-refractivity contribution in [2.24, 2.45) is 0 Å². The van der Waals surface area contributed by atoms with E-state index in [-0.39, 0.29) is 22.8 Å².